The summed E-state index contributed by atoms with van der Waals surface area (Å²) in [6, 6.07) is 15.4. The Labute approximate surface area is 190 Å². The number of urea groups is 1. The first-order valence-corrected chi connectivity index (χ1v) is 11.3. The molecule has 9 heteroatoms. The first kappa shape index (κ1) is 23.5. The molecular weight excluding hydrogens is 429 g/mol. The molecule has 1 aromatic heterocycles. The largest absolute Gasteiger partial charge is 0.334 e. The second-order valence-corrected chi connectivity index (χ2v) is 8.67. The second kappa shape index (κ2) is 11.4. The van der Waals surface area contributed by atoms with Gasteiger partial charge in [0, 0.05) is 25.3 Å². The van der Waals surface area contributed by atoms with E-state index in [0.717, 1.165) is 5.56 Å². The van der Waals surface area contributed by atoms with E-state index >= 15 is 0 Å². The van der Waals surface area contributed by atoms with Crippen LogP contribution in [-0.4, -0.2) is 32.5 Å². The summed E-state index contributed by atoms with van der Waals surface area (Å²) in [5.41, 5.74) is 1.33. The van der Waals surface area contributed by atoms with Crippen LogP contribution in [-0.2, 0) is 17.9 Å². The van der Waals surface area contributed by atoms with E-state index < -0.39 is 6.03 Å². The minimum absolute atomic E-state index is 0.132. The number of benzene rings is 2. The number of aromatic nitrogens is 3. The Morgan fingerprint density at radius 3 is 2.50 bits per heavy atom. The Morgan fingerprint density at radius 2 is 1.78 bits per heavy atom. The van der Waals surface area contributed by atoms with Crippen molar-refractivity contribution in [1.29, 1.82) is 0 Å². The third kappa shape index (κ3) is 6.65. The first-order valence-electron chi connectivity index (χ1n) is 10.4. The van der Waals surface area contributed by atoms with Gasteiger partial charge >= 0.3 is 6.03 Å². The van der Waals surface area contributed by atoms with Crippen LogP contribution < -0.4 is 10.6 Å². The highest BCUT2D eigenvalue weighted by Gasteiger charge is 2.18. The van der Waals surface area contributed by atoms with E-state index in [1.165, 1.54) is 17.8 Å². The molecule has 168 valence electrons. The normalized spacial score (nSPS) is 10.9. The fraction of sp³-hybridized carbons (Fsp3) is 0.304. The van der Waals surface area contributed by atoms with Crippen LogP contribution in [0.2, 0.25) is 0 Å². The molecule has 0 unspecified atom stereocenters. The molecule has 0 saturated heterocycles. The number of rotatable bonds is 9. The van der Waals surface area contributed by atoms with Gasteiger partial charge in [-0.25, -0.2) is 9.18 Å². The highest BCUT2D eigenvalue weighted by atomic mass is 32.2. The van der Waals surface area contributed by atoms with E-state index in [0.29, 0.717) is 41.3 Å². The van der Waals surface area contributed by atoms with Crippen molar-refractivity contribution in [2.45, 2.75) is 38.5 Å². The van der Waals surface area contributed by atoms with E-state index in [9.17, 15) is 14.0 Å². The van der Waals surface area contributed by atoms with Crippen LogP contribution in [0.4, 0.5) is 9.18 Å². The quantitative estimate of drug-likeness (QED) is 0.471. The predicted octanol–water partition coefficient (Wildman–Crippen LogP) is 4.25. The van der Waals surface area contributed by atoms with Gasteiger partial charge in [0.2, 0.25) is 5.91 Å². The molecule has 3 aromatic rings. The third-order valence-electron chi connectivity index (χ3n) is 4.49. The number of hydrogen-bond donors (Lipinski definition) is 2. The minimum Gasteiger partial charge on any atom is -0.334 e. The van der Waals surface area contributed by atoms with Crippen LogP contribution in [0.1, 0.15) is 25.8 Å². The fourth-order valence-corrected chi connectivity index (χ4v) is 3.90. The molecule has 1 heterocycles. The van der Waals surface area contributed by atoms with Crippen LogP contribution in [0.25, 0.3) is 11.4 Å². The Balaban J connectivity index is 1.54. The Bertz CT molecular complexity index is 1060. The van der Waals surface area contributed by atoms with E-state index in [-0.39, 0.29) is 18.1 Å². The number of amides is 3. The van der Waals surface area contributed by atoms with Gasteiger partial charge in [0.1, 0.15) is 5.82 Å². The summed E-state index contributed by atoms with van der Waals surface area (Å²) in [5, 5.41) is 14.0. The Morgan fingerprint density at radius 1 is 1.06 bits per heavy atom. The summed E-state index contributed by atoms with van der Waals surface area (Å²) in [7, 11) is 0. The highest BCUT2D eigenvalue weighted by Crippen LogP contribution is 2.27. The topological polar surface area (TPSA) is 88.9 Å². The predicted molar refractivity (Wildman–Crippen MR) is 122 cm³/mol. The molecule has 0 aliphatic heterocycles. The van der Waals surface area contributed by atoms with Crippen molar-refractivity contribution in [3.8, 4) is 11.4 Å². The van der Waals surface area contributed by atoms with Gasteiger partial charge in [-0.1, -0.05) is 68.1 Å². The lowest BCUT2D eigenvalue weighted by Gasteiger charge is -2.13. The average Bonchev–Trinajstić information content (AvgIpc) is 3.15. The van der Waals surface area contributed by atoms with Gasteiger partial charge in [-0.2, -0.15) is 0 Å². The van der Waals surface area contributed by atoms with Crippen molar-refractivity contribution in [3.05, 3.63) is 66.0 Å². The Hall–Kier alpha value is -3.20. The number of imide groups is 1. The van der Waals surface area contributed by atoms with Crippen molar-refractivity contribution in [3.63, 3.8) is 0 Å². The van der Waals surface area contributed by atoms with Gasteiger partial charge in [0.15, 0.2) is 11.0 Å². The summed E-state index contributed by atoms with van der Waals surface area (Å²) in [6.45, 7) is 5.07. The zero-order chi connectivity index (χ0) is 22.9. The Kier molecular flexibility index (Phi) is 8.38. The molecule has 0 atom stereocenters. The van der Waals surface area contributed by atoms with Gasteiger partial charge in [-0.05, 0) is 23.6 Å². The number of carbonyl (C=O) groups excluding carboxylic acids is 2. The summed E-state index contributed by atoms with van der Waals surface area (Å²) >= 11 is 1.35. The molecule has 0 aliphatic rings. The zero-order valence-electron chi connectivity index (χ0n) is 18.0. The smallest absolute Gasteiger partial charge is 0.321 e. The summed E-state index contributed by atoms with van der Waals surface area (Å²) < 4.78 is 16.1. The average molecular weight is 456 g/mol. The standard InChI is InChI=1S/C23H26FN5O2S/c1-16(2)15-29-21(18-10-6-7-11-19(18)24)27-28-23(29)32-13-12-20(30)26-22(31)25-14-17-8-4-3-5-9-17/h3-11,16H,12-15H2,1-2H3,(H2,25,26,30,31). The number of halogens is 1. The minimum atomic E-state index is -0.534. The molecule has 2 N–H and O–H groups in total. The third-order valence-corrected chi connectivity index (χ3v) is 5.46. The maximum atomic E-state index is 14.3. The molecule has 0 fully saturated rings. The molecule has 3 amide bonds. The summed E-state index contributed by atoms with van der Waals surface area (Å²) in [5.74, 6) is 0.428. The van der Waals surface area contributed by atoms with Gasteiger partial charge in [-0.3, -0.25) is 10.1 Å². The molecule has 7 nitrogen and oxygen atoms in total. The van der Waals surface area contributed by atoms with Crippen molar-refractivity contribution >= 4 is 23.7 Å². The maximum absolute atomic E-state index is 14.3. The molecule has 0 aliphatic carbocycles. The lowest BCUT2D eigenvalue weighted by atomic mass is 10.2. The van der Waals surface area contributed by atoms with Crippen LogP contribution >= 0.6 is 11.8 Å². The SMILES string of the molecule is CC(C)Cn1c(SCCC(=O)NC(=O)NCc2ccccc2)nnc1-c1ccccc1F. The number of thioether (sulfide) groups is 1. The first-order chi connectivity index (χ1) is 15.4. The molecule has 0 radical (unpaired) electrons. The molecule has 2 aromatic carbocycles. The lowest BCUT2D eigenvalue weighted by molar-refractivity contribution is -0.119. The molecule has 0 saturated carbocycles. The van der Waals surface area contributed by atoms with Crippen molar-refractivity contribution < 1.29 is 14.0 Å². The summed E-state index contributed by atoms with van der Waals surface area (Å²) in [6.07, 6.45) is 0.132. The molecule has 0 spiro atoms. The van der Waals surface area contributed by atoms with E-state index in [2.05, 4.69) is 34.7 Å². The molecule has 0 bridgehead atoms. The van der Waals surface area contributed by atoms with Crippen LogP contribution in [0.15, 0.2) is 59.8 Å². The van der Waals surface area contributed by atoms with E-state index in [1.54, 1.807) is 18.2 Å². The highest BCUT2D eigenvalue weighted by molar-refractivity contribution is 7.99. The number of hydrogen-bond acceptors (Lipinski definition) is 5. The van der Waals surface area contributed by atoms with Gasteiger partial charge in [-0.15, -0.1) is 10.2 Å². The fourth-order valence-electron chi connectivity index (χ4n) is 3.01. The van der Waals surface area contributed by atoms with Crippen LogP contribution in [0.3, 0.4) is 0 Å². The van der Waals surface area contributed by atoms with Crippen LogP contribution in [0.5, 0.6) is 0 Å². The number of carbonyl (C=O) groups is 2. The monoisotopic (exact) mass is 455 g/mol. The van der Waals surface area contributed by atoms with Crippen molar-refractivity contribution in [2.24, 2.45) is 5.92 Å². The molecular formula is C23H26FN5O2S. The maximum Gasteiger partial charge on any atom is 0.321 e. The van der Waals surface area contributed by atoms with Gasteiger partial charge < -0.3 is 9.88 Å². The van der Waals surface area contributed by atoms with Gasteiger partial charge in [0.05, 0.1) is 5.56 Å². The molecule has 32 heavy (non-hydrogen) atoms. The van der Waals surface area contributed by atoms with Crippen LogP contribution in [0, 0.1) is 11.7 Å². The van der Waals surface area contributed by atoms with Gasteiger partial charge in [0.25, 0.3) is 0 Å². The number of nitrogens with one attached hydrogen (secondary N) is 2. The van der Waals surface area contributed by atoms with Crippen molar-refractivity contribution in [1.82, 2.24) is 25.4 Å². The molecule has 3 rings (SSSR count). The summed E-state index contributed by atoms with van der Waals surface area (Å²) in [4.78, 5) is 24.0. The number of nitrogens with zero attached hydrogens (tertiary/aromatic N) is 3. The lowest BCUT2D eigenvalue weighted by Crippen LogP contribution is -2.39. The zero-order valence-corrected chi connectivity index (χ0v) is 18.9. The second-order valence-electron chi connectivity index (χ2n) is 7.61. The van der Waals surface area contributed by atoms with E-state index in [1.807, 2.05) is 34.9 Å². The van der Waals surface area contributed by atoms with E-state index in [4.69, 9.17) is 0 Å². The van der Waals surface area contributed by atoms with Crippen molar-refractivity contribution in [2.75, 3.05) is 5.75 Å².